The molecule has 0 saturated heterocycles. The zero-order valence-corrected chi connectivity index (χ0v) is 11.6. The van der Waals surface area contributed by atoms with Gasteiger partial charge in [0.05, 0.1) is 12.2 Å². The molecule has 0 aliphatic rings. The number of carbonyl (C=O) groups excluding carboxylic acids is 1. The van der Waals surface area contributed by atoms with Crippen LogP contribution >= 0.6 is 0 Å². The van der Waals surface area contributed by atoms with Crippen LogP contribution in [0.25, 0.3) is 0 Å². The van der Waals surface area contributed by atoms with Gasteiger partial charge in [-0.25, -0.2) is 4.79 Å². The maximum absolute atomic E-state index is 12.7. The molecular weight excluding hydrogens is 286 g/mol. The van der Waals surface area contributed by atoms with Gasteiger partial charge in [0.25, 0.3) is 0 Å². The van der Waals surface area contributed by atoms with Crippen molar-refractivity contribution in [1.29, 1.82) is 0 Å². The van der Waals surface area contributed by atoms with Crippen molar-refractivity contribution in [3.63, 3.8) is 0 Å². The Hall–Kier alpha value is -1.06. The average Bonchev–Trinajstić information content (AvgIpc) is 2.12. The molecule has 0 amide bonds. The van der Waals surface area contributed by atoms with Gasteiger partial charge in [-0.15, -0.1) is 0 Å². The quantitative estimate of drug-likeness (QED) is 0.453. The number of hydrogen-bond acceptors (Lipinski definition) is 5. The molecule has 0 unspecified atom stereocenters. The number of hydrogen-bond donors (Lipinski definition) is 1. The molecule has 0 bridgehead atoms. The standard InChI is InChI=1S/C10H16F2O6S/c1-7(8(13)18-9(2,3)4)5-17-6-10(11,12)19(14,15)16/h1,5-6H2,2-4H3,(H,14,15,16). The van der Waals surface area contributed by atoms with Crippen molar-refractivity contribution in [2.75, 3.05) is 13.2 Å². The Labute approximate surface area is 110 Å². The normalized spacial score (nSPS) is 13.2. The first-order valence-corrected chi connectivity index (χ1v) is 6.54. The number of halogens is 2. The van der Waals surface area contributed by atoms with Crippen molar-refractivity contribution in [3.05, 3.63) is 12.2 Å². The Balaban J connectivity index is 4.31. The fraction of sp³-hybridized carbons (Fsp3) is 0.700. The molecule has 0 aromatic rings. The van der Waals surface area contributed by atoms with E-state index in [9.17, 15) is 22.0 Å². The van der Waals surface area contributed by atoms with Gasteiger partial charge in [-0.2, -0.15) is 17.2 Å². The van der Waals surface area contributed by atoms with E-state index in [1.165, 1.54) is 0 Å². The van der Waals surface area contributed by atoms with E-state index in [4.69, 9.17) is 9.29 Å². The van der Waals surface area contributed by atoms with E-state index in [0.717, 1.165) is 0 Å². The van der Waals surface area contributed by atoms with Gasteiger partial charge in [-0.05, 0) is 20.8 Å². The molecule has 0 saturated carbocycles. The summed E-state index contributed by atoms with van der Waals surface area (Å²) in [4.78, 5) is 11.4. The maximum atomic E-state index is 12.7. The van der Waals surface area contributed by atoms with Crippen LogP contribution in [0.3, 0.4) is 0 Å². The second-order valence-corrected chi connectivity index (χ2v) is 6.26. The average molecular weight is 302 g/mol. The van der Waals surface area contributed by atoms with Crippen molar-refractivity contribution >= 4 is 16.1 Å². The summed E-state index contributed by atoms with van der Waals surface area (Å²) in [6, 6.07) is 0. The molecule has 0 heterocycles. The second-order valence-electron chi connectivity index (χ2n) is 4.71. The Kier molecular flexibility index (Phi) is 5.60. The van der Waals surface area contributed by atoms with Crippen molar-refractivity contribution < 1.29 is 36.0 Å². The molecule has 0 rings (SSSR count). The lowest BCUT2D eigenvalue weighted by molar-refractivity contribution is -0.150. The zero-order chi connectivity index (χ0) is 15.5. The molecule has 112 valence electrons. The highest BCUT2D eigenvalue weighted by Crippen LogP contribution is 2.21. The van der Waals surface area contributed by atoms with Crippen LogP contribution in [0.15, 0.2) is 12.2 Å². The molecule has 0 aliphatic carbocycles. The Bertz CT molecular complexity index is 449. The van der Waals surface area contributed by atoms with Crippen LogP contribution in [-0.4, -0.2) is 43.0 Å². The van der Waals surface area contributed by atoms with Crippen molar-refractivity contribution in [2.45, 2.75) is 31.6 Å². The summed E-state index contributed by atoms with van der Waals surface area (Å²) in [5.74, 6) is -0.845. The number of carbonyl (C=O) groups is 1. The van der Waals surface area contributed by atoms with E-state index in [1.54, 1.807) is 20.8 Å². The van der Waals surface area contributed by atoms with Crippen LogP contribution in [0, 0.1) is 0 Å². The monoisotopic (exact) mass is 302 g/mol. The number of alkyl halides is 2. The van der Waals surface area contributed by atoms with Crippen LogP contribution in [0.2, 0.25) is 0 Å². The summed E-state index contributed by atoms with van der Waals surface area (Å²) in [5.41, 5.74) is -1.03. The van der Waals surface area contributed by atoms with E-state index in [2.05, 4.69) is 11.3 Å². The summed E-state index contributed by atoms with van der Waals surface area (Å²) >= 11 is 0. The van der Waals surface area contributed by atoms with Gasteiger partial charge in [0.1, 0.15) is 12.2 Å². The first kappa shape index (κ1) is 17.9. The third-order valence-electron chi connectivity index (χ3n) is 1.61. The summed E-state index contributed by atoms with van der Waals surface area (Å²) in [6.45, 7) is 5.84. The summed E-state index contributed by atoms with van der Waals surface area (Å²) in [5, 5.41) is -4.44. The summed E-state index contributed by atoms with van der Waals surface area (Å²) < 4.78 is 63.4. The molecule has 0 aromatic heterocycles. The smallest absolute Gasteiger partial charge is 0.392 e. The van der Waals surface area contributed by atoms with Gasteiger partial charge >= 0.3 is 21.3 Å². The fourth-order valence-corrected chi connectivity index (χ4v) is 1.01. The van der Waals surface area contributed by atoms with Gasteiger partial charge < -0.3 is 9.47 Å². The molecule has 0 aliphatic heterocycles. The van der Waals surface area contributed by atoms with Crippen molar-refractivity contribution in [3.8, 4) is 0 Å². The van der Waals surface area contributed by atoms with Crippen LogP contribution < -0.4 is 0 Å². The molecule has 0 atom stereocenters. The maximum Gasteiger partial charge on any atom is 0.392 e. The lowest BCUT2D eigenvalue weighted by atomic mass is 10.2. The fourth-order valence-electron chi connectivity index (χ4n) is 0.777. The number of esters is 1. The third kappa shape index (κ3) is 6.60. The molecule has 0 fully saturated rings. The minimum Gasteiger partial charge on any atom is -0.457 e. The largest absolute Gasteiger partial charge is 0.457 e. The van der Waals surface area contributed by atoms with Crippen LogP contribution in [0.5, 0.6) is 0 Å². The van der Waals surface area contributed by atoms with Gasteiger partial charge in [0.15, 0.2) is 0 Å². The van der Waals surface area contributed by atoms with Crippen LogP contribution in [0.1, 0.15) is 20.8 Å². The van der Waals surface area contributed by atoms with E-state index in [1.807, 2.05) is 0 Å². The van der Waals surface area contributed by atoms with E-state index < -0.39 is 40.2 Å². The Morgan fingerprint density at radius 2 is 1.79 bits per heavy atom. The molecule has 9 heteroatoms. The van der Waals surface area contributed by atoms with Gasteiger partial charge in [-0.3, -0.25) is 4.55 Å². The van der Waals surface area contributed by atoms with Crippen molar-refractivity contribution in [2.24, 2.45) is 0 Å². The highest BCUT2D eigenvalue weighted by Gasteiger charge is 2.44. The van der Waals surface area contributed by atoms with Crippen molar-refractivity contribution in [1.82, 2.24) is 0 Å². The molecule has 0 radical (unpaired) electrons. The zero-order valence-electron chi connectivity index (χ0n) is 10.8. The molecule has 6 nitrogen and oxygen atoms in total. The third-order valence-corrected chi connectivity index (χ3v) is 2.48. The van der Waals surface area contributed by atoms with E-state index in [0.29, 0.717) is 0 Å². The van der Waals surface area contributed by atoms with Crippen LogP contribution in [-0.2, 0) is 24.4 Å². The SMILES string of the molecule is C=C(COCC(F)(F)S(=O)(=O)O)C(=O)OC(C)(C)C. The first-order chi connectivity index (χ1) is 8.26. The van der Waals surface area contributed by atoms with E-state index >= 15 is 0 Å². The lowest BCUT2D eigenvalue weighted by Gasteiger charge is -2.20. The molecular formula is C10H16F2O6S. The Morgan fingerprint density at radius 3 is 2.16 bits per heavy atom. The van der Waals surface area contributed by atoms with Gasteiger partial charge in [-0.1, -0.05) is 6.58 Å². The minimum absolute atomic E-state index is 0.249. The summed E-state index contributed by atoms with van der Waals surface area (Å²) in [6.07, 6.45) is 0. The molecule has 0 spiro atoms. The highest BCUT2D eigenvalue weighted by atomic mass is 32.2. The molecule has 19 heavy (non-hydrogen) atoms. The predicted molar refractivity (Wildman–Crippen MR) is 62.3 cm³/mol. The predicted octanol–water partition coefficient (Wildman–Crippen LogP) is 1.38. The lowest BCUT2D eigenvalue weighted by Crippen LogP contribution is -2.34. The number of rotatable bonds is 6. The number of ether oxygens (including phenoxy) is 2. The summed E-state index contributed by atoms with van der Waals surface area (Å²) in [7, 11) is -5.55. The molecule has 1 N–H and O–H groups in total. The first-order valence-electron chi connectivity index (χ1n) is 5.10. The second kappa shape index (κ2) is 5.93. The van der Waals surface area contributed by atoms with Gasteiger partial charge in [0.2, 0.25) is 0 Å². The minimum atomic E-state index is -5.55. The van der Waals surface area contributed by atoms with E-state index in [-0.39, 0.29) is 5.57 Å². The topological polar surface area (TPSA) is 89.9 Å². The molecule has 0 aromatic carbocycles. The van der Waals surface area contributed by atoms with Gasteiger partial charge in [0, 0.05) is 0 Å². The van der Waals surface area contributed by atoms with Crippen LogP contribution in [0.4, 0.5) is 8.78 Å². The highest BCUT2D eigenvalue weighted by molar-refractivity contribution is 7.86. The Morgan fingerprint density at radius 1 is 1.32 bits per heavy atom.